The van der Waals surface area contributed by atoms with Gasteiger partial charge in [0.1, 0.15) is 0 Å². The van der Waals surface area contributed by atoms with Gasteiger partial charge in [-0.3, -0.25) is 4.79 Å². The van der Waals surface area contributed by atoms with Gasteiger partial charge in [-0.2, -0.15) is 0 Å². The number of carbonyl (C=O) groups is 1. The Kier molecular flexibility index (Phi) is 4.73. The topological polar surface area (TPSA) is 29.1 Å². The van der Waals surface area contributed by atoms with E-state index in [9.17, 15) is 4.79 Å². The average Bonchev–Trinajstić information content (AvgIpc) is 3.03. The Morgan fingerprint density at radius 1 is 1.00 bits per heavy atom. The molecular weight excluding hydrogens is 338 g/mol. The zero-order chi connectivity index (χ0) is 18.1. The van der Waals surface area contributed by atoms with Crippen molar-refractivity contribution in [2.75, 3.05) is 5.32 Å². The summed E-state index contributed by atoms with van der Waals surface area (Å²) in [4.78, 5) is 13.8. The van der Waals surface area contributed by atoms with Crippen molar-refractivity contribution in [3.63, 3.8) is 0 Å². The SMILES string of the molecule is CC(C)Sc1ccc(CC(=O)Nc2ccc3c4c(cccc24)CC3)cc1. The number of aryl methyl sites for hydroxylation is 2. The Bertz CT molecular complexity index is 950. The van der Waals surface area contributed by atoms with Gasteiger partial charge in [0.15, 0.2) is 0 Å². The van der Waals surface area contributed by atoms with Crippen LogP contribution in [0.4, 0.5) is 5.69 Å². The number of hydrogen-bond donors (Lipinski definition) is 1. The summed E-state index contributed by atoms with van der Waals surface area (Å²) in [7, 11) is 0. The van der Waals surface area contributed by atoms with Gasteiger partial charge in [0.05, 0.1) is 6.42 Å². The van der Waals surface area contributed by atoms with Gasteiger partial charge in [-0.25, -0.2) is 0 Å². The minimum absolute atomic E-state index is 0.0352. The number of rotatable bonds is 5. The first kappa shape index (κ1) is 17.2. The van der Waals surface area contributed by atoms with Gasteiger partial charge in [0.2, 0.25) is 5.91 Å². The molecule has 26 heavy (non-hydrogen) atoms. The second kappa shape index (κ2) is 7.16. The monoisotopic (exact) mass is 361 g/mol. The summed E-state index contributed by atoms with van der Waals surface area (Å²) in [5, 5.41) is 6.18. The van der Waals surface area contributed by atoms with Crippen molar-refractivity contribution in [1.29, 1.82) is 0 Å². The smallest absolute Gasteiger partial charge is 0.228 e. The number of nitrogens with one attached hydrogen (secondary N) is 1. The van der Waals surface area contributed by atoms with Gasteiger partial charge in [0.25, 0.3) is 0 Å². The molecule has 1 amide bonds. The molecule has 0 fully saturated rings. The Balaban J connectivity index is 1.50. The van der Waals surface area contributed by atoms with Crippen molar-refractivity contribution in [1.82, 2.24) is 0 Å². The molecule has 0 spiro atoms. The van der Waals surface area contributed by atoms with E-state index in [0.29, 0.717) is 11.7 Å². The molecule has 0 radical (unpaired) electrons. The van der Waals surface area contributed by atoms with Crippen LogP contribution in [0.1, 0.15) is 30.5 Å². The molecule has 0 bridgehead atoms. The molecule has 3 heteroatoms. The number of anilines is 1. The highest BCUT2D eigenvalue weighted by atomic mass is 32.2. The molecule has 1 aliphatic rings. The van der Waals surface area contributed by atoms with E-state index in [0.717, 1.165) is 29.5 Å². The van der Waals surface area contributed by atoms with Crippen LogP contribution in [0.2, 0.25) is 0 Å². The Labute approximate surface area is 159 Å². The van der Waals surface area contributed by atoms with Gasteiger partial charge < -0.3 is 5.32 Å². The lowest BCUT2D eigenvalue weighted by atomic mass is 10.0. The van der Waals surface area contributed by atoms with Crippen molar-refractivity contribution >= 4 is 34.1 Å². The normalized spacial score (nSPS) is 12.7. The third-order valence-corrected chi connectivity index (χ3v) is 5.83. The van der Waals surface area contributed by atoms with Crippen LogP contribution < -0.4 is 5.32 Å². The third kappa shape index (κ3) is 3.49. The van der Waals surface area contributed by atoms with Gasteiger partial charge in [0, 0.05) is 21.2 Å². The summed E-state index contributed by atoms with van der Waals surface area (Å²) in [6.45, 7) is 4.37. The fourth-order valence-electron chi connectivity index (χ4n) is 3.69. The predicted octanol–water partition coefficient (Wildman–Crippen LogP) is 5.62. The molecule has 2 nitrogen and oxygen atoms in total. The fraction of sp³-hybridized carbons (Fsp3) is 0.261. The minimum Gasteiger partial charge on any atom is -0.325 e. The molecular formula is C23H23NOS. The predicted molar refractivity (Wildman–Crippen MR) is 111 cm³/mol. The molecule has 3 aromatic carbocycles. The molecule has 0 aliphatic heterocycles. The van der Waals surface area contributed by atoms with Crippen LogP contribution in [0.3, 0.4) is 0 Å². The fourth-order valence-corrected chi connectivity index (χ4v) is 4.53. The minimum atomic E-state index is 0.0352. The Morgan fingerprint density at radius 2 is 1.73 bits per heavy atom. The average molecular weight is 362 g/mol. The number of thioether (sulfide) groups is 1. The van der Waals surface area contributed by atoms with Gasteiger partial charge in [-0.05, 0) is 53.1 Å². The number of amides is 1. The van der Waals surface area contributed by atoms with Gasteiger partial charge >= 0.3 is 0 Å². The molecule has 0 unspecified atom stereocenters. The van der Waals surface area contributed by atoms with Gasteiger partial charge in [-0.15, -0.1) is 11.8 Å². The summed E-state index contributed by atoms with van der Waals surface area (Å²) in [6.07, 6.45) is 2.60. The maximum atomic E-state index is 12.6. The molecule has 4 rings (SSSR count). The lowest BCUT2D eigenvalue weighted by molar-refractivity contribution is -0.115. The maximum Gasteiger partial charge on any atom is 0.228 e. The van der Waals surface area contributed by atoms with Crippen LogP contribution in [0.5, 0.6) is 0 Å². The second-order valence-electron chi connectivity index (χ2n) is 7.15. The number of benzene rings is 3. The van der Waals surface area contributed by atoms with Crippen LogP contribution in [0, 0.1) is 0 Å². The maximum absolute atomic E-state index is 12.6. The van der Waals surface area contributed by atoms with E-state index >= 15 is 0 Å². The van der Waals surface area contributed by atoms with Crippen LogP contribution in [0.25, 0.3) is 10.8 Å². The summed E-state index contributed by atoms with van der Waals surface area (Å²) < 4.78 is 0. The lowest BCUT2D eigenvalue weighted by Crippen LogP contribution is -2.14. The summed E-state index contributed by atoms with van der Waals surface area (Å²) in [6, 6.07) is 18.9. The van der Waals surface area contributed by atoms with Crippen LogP contribution in [-0.4, -0.2) is 11.2 Å². The van der Waals surface area contributed by atoms with Crippen molar-refractivity contribution in [2.45, 2.75) is 43.3 Å². The second-order valence-corrected chi connectivity index (χ2v) is 8.80. The van der Waals surface area contributed by atoms with Gasteiger partial charge in [-0.1, -0.05) is 50.2 Å². The summed E-state index contributed by atoms with van der Waals surface area (Å²) in [5.41, 5.74) is 4.75. The molecule has 0 saturated carbocycles. The molecule has 0 aromatic heterocycles. The molecule has 0 heterocycles. The van der Waals surface area contributed by atoms with Crippen LogP contribution >= 0.6 is 11.8 Å². The van der Waals surface area contributed by atoms with E-state index < -0.39 is 0 Å². The molecule has 0 saturated heterocycles. The Morgan fingerprint density at radius 3 is 2.46 bits per heavy atom. The van der Waals surface area contributed by atoms with E-state index in [-0.39, 0.29) is 5.91 Å². The highest BCUT2D eigenvalue weighted by molar-refractivity contribution is 7.99. The standard InChI is InChI=1S/C23H23NOS/c1-15(2)26-19-11-6-16(7-12-19)14-22(25)24-21-13-10-18-9-8-17-4-3-5-20(21)23(17)18/h3-7,10-13,15H,8-9,14H2,1-2H3,(H,24,25). The van der Waals surface area contributed by atoms with Crippen molar-refractivity contribution in [3.8, 4) is 0 Å². The summed E-state index contributed by atoms with van der Waals surface area (Å²) in [5.74, 6) is 0.0352. The first-order valence-corrected chi connectivity index (χ1v) is 10.1. The molecule has 1 aliphatic carbocycles. The molecule has 132 valence electrons. The zero-order valence-electron chi connectivity index (χ0n) is 15.2. The zero-order valence-corrected chi connectivity index (χ0v) is 16.0. The third-order valence-electron chi connectivity index (χ3n) is 4.81. The highest BCUT2D eigenvalue weighted by Gasteiger charge is 2.16. The Hall–Kier alpha value is -2.26. The first-order valence-electron chi connectivity index (χ1n) is 9.19. The van der Waals surface area contributed by atoms with Crippen molar-refractivity contribution in [2.24, 2.45) is 0 Å². The van der Waals surface area contributed by atoms with Crippen molar-refractivity contribution in [3.05, 3.63) is 71.3 Å². The van der Waals surface area contributed by atoms with E-state index in [1.165, 1.54) is 21.4 Å². The quantitative estimate of drug-likeness (QED) is 0.598. The van der Waals surface area contributed by atoms with E-state index in [1.807, 2.05) is 17.8 Å². The first-order chi connectivity index (χ1) is 12.6. The van der Waals surface area contributed by atoms with E-state index in [4.69, 9.17) is 0 Å². The van der Waals surface area contributed by atoms with Crippen molar-refractivity contribution < 1.29 is 4.79 Å². The summed E-state index contributed by atoms with van der Waals surface area (Å²) >= 11 is 1.84. The molecule has 0 atom stereocenters. The number of carbonyl (C=O) groups excluding carboxylic acids is 1. The molecule has 3 aromatic rings. The largest absolute Gasteiger partial charge is 0.325 e. The van der Waals surface area contributed by atoms with Crippen LogP contribution in [-0.2, 0) is 24.1 Å². The van der Waals surface area contributed by atoms with E-state index in [1.54, 1.807) is 0 Å². The van der Waals surface area contributed by atoms with E-state index in [2.05, 4.69) is 67.7 Å². The molecule has 1 N–H and O–H groups in total. The lowest BCUT2D eigenvalue weighted by Gasteiger charge is -2.11. The highest BCUT2D eigenvalue weighted by Crippen LogP contribution is 2.35. The van der Waals surface area contributed by atoms with Crippen LogP contribution in [0.15, 0.2) is 59.5 Å². The number of hydrogen-bond acceptors (Lipinski definition) is 2.